The van der Waals surface area contributed by atoms with Gasteiger partial charge in [0.25, 0.3) is 0 Å². The van der Waals surface area contributed by atoms with Gasteiger partial charge in [-0.1, -0.05) is 158 Å². The third-order valence-electron chi connectivity index (χ3n) is 11.0. The first kappa shape index (κ1) is 32.4. The summed E-state index contributed by atoms with van der Waals surface area (Å²) in [6, 6.07) is 73.0. The van der Waals surface area contributed by atoms with Crippen LogP contribution in [-0.4, -0.2) is 15.0 Å². The average Bonchev–Trinajstić information content (AvgIpc) is 3.58. The van der Waals surface area contributed by atoms with Gasteiger partial charge in [0.15, 0.2) is 5.82 Å². The van der Waals surface area contributed by atoms with Crippen molar-refractivity contribution in [2.24, 2.45) is 0 Å². The Labute approximate surface area is 321 Å². The van der Waals surface area contributed by atoms with Crippen LogP contribution in [0.15, 0.2) is 213 Å². The molecule has 1 aliphatic carbocycles. The molecule has 0 N–H and O–H groups in total. The van der Waals surface area contributed by atoms with E-state index in [1.54, 1.807) is 12.7 Å². The summed E-state index contributed by atoms with van der Waals surface area (Å²) >= 11 is 0. The maximum atomic E-state index is 4.61. The van der Waals surface area contributed by atoms with E-state index < -0.39 is 5.41 Å². The van der Waals surface area contributed by atoms with Crippen molar-refractivity contribution in [1.82, 2.24) is 15.0 Å². The summed E-state index contributed by atoms with van der Waals surface area (Å²) in [5.74, 6) is 0.647. The number of benzene rings is 8. The Balaban J connectivity index is 1.37. The predicted octanol–water partition coefficient (Wildman–Crippen LogP) is 12.6. The molecule has 0 amide bonds. The highest BCUT2D eigenvalue weighted by Gasteiger charge is 2.47. The molecule has 3 heteroatoms. The molecular formula is C52H35N3. The number of fused-ring (bicyclic) bond motifs is 3. The van der Waals surface area contributed by atoms with Crippen LogP contribution in [0.2, 0.25) is 0 Å². The molecule has 1 heterocycles. The minimum absolute atomic E-state index is 0.647. The smallest absolute Gasteiger partial charge is 0.162 e. The summed E-state index contributed by atoms with van der Waals surface area (Å²) in [5.41, 5.74) is 16.8. The summed E-state index contributed by atoms with van der Waals surface area (Å²) in [4.78, 5) is 13.4. The van der Waals surface area contributed by atoms with Crippen LogP contribution in [0.25, 0.3) is 67.0 Å². The Morgan fingerprint density at radius 3 is 1.15 bits per heavy atom. The van der Waals surface area contributed by atoms with Crippen molar-refractivity contribution in [1.29, 1.82) is 0 Å². The molecule has 8 aromatic carbocycles. The van der Waals surface area contributed by atoms with Crippen LogP contribution >= 0.6 is 0 Å². The van der Waals surface area contributed by atoms with Gasteiger partial charge in [0.2, 0.25) is 0 Å². The molecule has 0 saturated carbocycles. The van der Waals surface area contributed by atoms with Gasteiger partial charge in [0, 0.05) is 5.56 Å². The number of nitrogens with zero attached hydrogens (tertiary/aromatic N) is 3. The van der Waals surface area contributed by atoms with Gasteiger partial charge in [-0.3, -0.25) is 0 Å². The summed E-state index contributed by atoms with van der Waals surface area (Å²) in [6.45, 7) is 0. The standard InChI is InChI=1S/C52H35N3/c1-5-15-36(16-6-1)41-27-42(37-17-7-2-8-18-37)30-45(29-41)52(46-31-43(38-19-9-3-10-20-38)28-44(32-46)39-21-11-4-12-22-39)49-24-14-13-23-47(49)48-26-25-40(33-50(48)52)51-54-34-53-35-55-51/h1-35H. The molecule has 1 aromatic heterocycles. The van der Waals surface area contributed by atoms with Crippen molar-refractivity contribution in [2.75, 3.05) is 0 Å². The lowest BCUT2D eigenvalue weighted by Crippen LogP contribution is -2.29. The zero-order chi connectivity index (χ0) is 36.6. The van der Waals surface area contributed by atoms with Crippen LogP contribution in [0.3, 0.4) is 0 Å². The lowest BCUT2D eigenvalue weighted by Gasteiger charge is -2.35. The molecule has 10 rings (SSSR count). The van der Waals surface area contributed by atoms with Crippen molar-refractivity contribution >= 4 is 0 Å². The minimum Gasteiger partial charge on any atom is -0.225 e. The lowest BCUT2D eigenvalue weighted by atomic mass is 9.66. The third kappa shape index (κ3) is 5.65. The molecule has 0 atom stereocenters. The maximum absolute atomic E-state index is 4.61. The largest absolute Gasteiger partial charge is 0.225 e. The Morgan fingerprint density at radius 2 is 0.691 bits per heavy atom. The molecule has 0 spiro atoms. The molecule has 9 aromatic rings. The Hall–Kier alpha value is -7.23. The lowest BCUT2D eigenvalue weighted by molar-refractivity contribution is 0.770. The van der Waals surface area contributed by atoms with Gasteiger partial charge in [0.1, 0.15) is 12.7 Å². The first-order chi connectivity index (χ1) is 27.3. The van der Waals surface area contributed by atoms with Gasteiger partial charge < -0.3 is 0 Å². The van der Waals surface area contributed by atoms with Crippen molar-refractivity contribution in [2.45, 2.75) is 5.41 Å². The van der Waals surface area contributed by atoms with Gasteiger partial charge in [-0.25, -0.2) is 15.0 Å². The Bertz CT molecular complexity index is 2540. The molecule has 55 heavy (non-hydrogen) atoms. The van der Waals surface area contributed by atoms with Crippen molar-refractivity contribution in [3.05, 3.63) is 235 Å². The first-order valence-corrected chi connectivity index (χ1v) is 18.7. The van der Waals surface area contributed by atoms with Crippen LogP contribution in [0.5, 0.6) is 0 Å². The zero-order valence-corrected chi connectivity index (χ0v) is 30.0. The molecule has 0 radical (unpaired) electrons. The van der Waals surface area contributed by atoms with E-state index in [-0.39, 0.29) is 0 Å². The third-order valence-corrected chi connectivity index (χ3v) is 11.0. The van der Waals surface area contributed by atoms with E-state index in [4.69, 9.17) is 0 Å². The summed E-state index contributed by atoms with van der Waals surface area (Å²) < 4.78 is 0. The second-order valence-electron chi connectivity index (χ2n) is 14.1. The van der Waals surface area contributed by atoms with Crippen LogP contribution in [0, 0.1) is 0 Å². The quantitative estimate of drug-likeness (QED) is 0.166. The normalized spacial score (nSPS) is 12.5. The zero-order valence-electron chi connectivity index (χ0n) is 30.0. The van der Waals surface area contributed by atoms with Crippen LogP contribution in [0.4, 0.5) is 0 Å². The highest BCUT2D eigenvalue weighted by atomic mass is 15.0. The van der Waals surface area contributed by atoms with Crippen LogP contribution < -0.4 is 0 Å². The van der Waals surface area contributed by atoms with Crippen molar-refractivity contribution < 1.29 is 0 Å². The molecule has 258 valence electrons. The van der Waals surface area contributed by atoms with Crippen LogP contribution in [-0.2, 0) is 5.41 Å². The van der Waals surface area contributed by atoms with Crippen LogP contribution in [0.1, 0.15) is 22.3 Å². The second kappa shape index (κ2) is 13.6. The fourth-order valence-electron chi connectivity index (χ4n) is 8.47. The van der Waals surface area contributed by atoms with E-state index in [9.17, 15) is 0 Å². The molecule has 0 fully saturated rings. The van der Waals surface area contributed by atoms with E-state index in [0.29, 0.717) is 5.82 Å². The molecular weight excluding hydrogens is 667 g/mol. The molecule has 3 nitrogen and oxygen atoms in total. The molecule has 0 unspecified atom stereocenters. The van der Waals surface area contributed by atoms with E-state index in [1.165, 1.54) is 77.9 Å². The SMILES string of the molecule is c1ccc(-c2cc(-c3ccccc3)cc(C3(c4cc(-c5ccccc5)cc(-c5ccccc5)c4)c4ccccc4-c4ccc(-c5ncncn5)cc43)c2)cc1. The van der Waals surface area contributed by atoms with Gasteiger partial charge in [0.05, 0.1) is 5.41 Å². The Kier molecular flexibility index (Phi) is 8.04. The maximum Gasteiger partial charge on any atom is 0.162 e. The molecule has 1 aliphatic rings. The van der Waals surface area contributed by atoms with Gasteiger partial charge in [-0.15, -0.1) is 0 Å². The number of hydrogen-bond acceptors (Lipinski definition) is 3. The molecule has 0 bridgehead atoms. The summed E-state index contributed by atoms with van der Waals surface area (Å²) in [5, 5.41) is 0. The fourth-order valence-corrected chi connectivity index (χ4v) is 8.47. The first-order valence-electron chi connectivity index (χ1n) is 18.7. The average molecular weight is 702 g/mol. The van der Waals surface area contributed by atoms with Gasteiger partial charge in [-0.2, -0.15) is 0 Å². The fraction of sp³-hybridized carbons (Fsp3) is 0.0192. The topological polar surface area (TPSA) is 38.7 Å². The second-order valence-corrected chi connectivity index (χ2v) is 14.1. The monoisotopic (exact) mass is 701 g/mol. The predicted molar refractivity (Wildman–Crippen MR) is 224 cm³/mol. The highest BCUT2D eigenvalue weighted by Crippen LogP contribution is 2.58. The summed E-state index contributed by atoms with van der Waals surface area (Å²) in [6.07, 6.45) is 3.14. The van der Waals surface area contributed by atoms with Crippen molar-refractivity contribution in [3.63, 3.8) is 0 Å². The number of aromatic nitrogens is 3. The van der Waals surface area contributed by atoms with Gasteiger partial charge in [-0.05, 0) is 120 Å². The number of rotatable bonds is 7. The highest BCUT2D eigenvalue weighted by molar-refractivity contribution is 5.90. The van der Waals surface area contributed by atoms with Gasteiger partial charge >= 0.3 is 0 Å². The number of hydrogen-bond donors (Lipinski definition) is 0. The summed E-state index contributed by atoms with van der Waals surface area (Å²) in [7, 11) is 0. The van der Waals surface area contributed by atoms with E-state index in [2.05, 4.69) is 215 Å². The minimum atomic E-state index is -0.725. The molecule has 0 saturated heterocycles. The van der Waals surface area contributed by atoms with Crippen molar-refractivity contribution in [3.8, 4) is 67.0 Å². The van der Waals surface area contributed by atoms with E-state index >= 15 is 0 Å². The Morgan fingerprint density at radius 1 is 0.291 bits per heavy atom. The van der Waals surface area contributed by atoms with E-state index in [0.717, 1.165) is 5.56 Å². The van der Waals surface area contributed by atoms with E-state index in [1.807, 2.05) is 0 Å². The molecule has 0 aliphatic heterocycles.